The van der Waals surface area contributed by atoms with Gasteiger partial charge in [-0.25, -0.2) is 5.43 Å². The molecule has 0 radical (unpaired) electrons. The molecule has 202 valence electrons. The lowest BCUT2D eigenvalue weighted by atomic mass is 9.34. The van der Waals surface area contributed by atoms with Crippen molar-refractivity contribution in [1.82, 2.24) is 5.43 Å². The lowest BCUT2D eigenvalue weighted by Crippen LogP contribution is -2.71. The third kappa shape index (κ3) is 3.47. The fraction of sp³-hybridized carbons (Fsp3) is 0.839. The molecule has 5 nitrogen and oxygen atoms in total. The molecule has 0 heterocycles. The number of allylic oxidation sites excluding steroid dienone is 3. The van der Waals surface area contributed by atoms with Gasteiger partial charge in [-0.1, -0.05) is 86.0 Å². The summed E-state index contributed by atoms with van der Waals surface area (Å²) in [5.74, 6) is 0.995. The Labute approximate surface area is 219 Å². The Kier molecular flexibility index (Phi) is 6.93. The number of nitrogens with one attached hydrogen (secondary N) is 1. The Bertz CT molecular complexity index is 955. The van der Waals surface area contributed by atoms with Crippen LogP contribution >= 0.6 is 0 Å². The van der Waals surface area contributed by atoms with Crippen LogP contribution in [0, 0.1) is 43.8 Å². The number of carbonyl (C=O) groups excluding carboxylic acids is 1. The largest absolute Gasteiger partial charge is 0.321 e. The molecular weight excluding hydrogens is 446 g/mol. The monoisotopic (exact) mass is 497 g/mol. The third-order valence-corrected chi connectivity index (χ3v) is 12.3. The highest BCUT2D eigenvalue weighted by atomic mass is 16.3. The number of carbonyl (C=O) groups is 1. The molecule has 0 spiro atoms. The number of nitrogens with zero attached hydrogens (tertiary/aromatic N) is 1. The van der Waals surface area contributed by atoms with Gasteiger partial charge in [-0.05, 0) is 90.4 Å². The number of hydrogen-bond acceptors (Lipinski definition) is 4. The zero-order chi connectivity index (χ0) is 26.6. The smallest absolute Gasteiger partial charge is 0.251 e. The minimum Gasteiger partial charge on any atom is -0.321 e. The molecule has 0 aliphatic heterocycles. The van der Waals surface area contributed by atoms with Gasteiger partial charge in [-0.3, -0.25) is 4.79 Å². The lowest BCUT2D eigenvalue weighted by molar-refractivity contribution is -0.166. The Morgan fingerprint density at radius 3 is 2.42 bits per heavy atom. The molecule has 0 aromatic carbocycles. The minimum absolute atomic E-state index is 0.0658. The maximum absolute atomic E-state index is 13.6. The summed E-state index contributed by atoms with van der Waals surface area (Å²) < 4.78 is 0. The standard InChI is InChI=1S/C31H51N3O2/c1-8-10-18-30(25(35)33-34-36)21-20-29(7)24(31(30,32)15-9-2)13-12-23-27(5)17-11-16-26(3,4)22(27)14-19-28(23,29)6/h11,13,16,22-23H,8-10,12,14-15,17-21,32H2,1-7H3,(H,33,35,36)/t22?,23?,27-,28+,29+,30+,31+/m0/s1. The summed E-state index contributed by atoms with van der Waals surface area (Å²) >= 11 is 0. The second-order valence-corrected chi connectivity index (χ2v) is 14.1. The molecule has 2 saturated carbocycles. The summed E-state index contributed by atoms with van der Waals surface area (Å²) in [4.78, 5) is 24.9. The zero-order valence-electron chi connectivity index (χ0n) is 24.0. The van der Waals surface area contributed by atoms with E-state index in [-0.39, 0.29) is 27.6 Å². The van der Waals surface area contributed by atoms with E-state index in [1.165, 1.54) is 18.4 Å². The van der Waals surface area contributed by atoms with E-state index in [0.29, 0.717) is 24.7 Å². The van der Waals surface area contributed by atoms with Crippen LogP contribution < -0.4 is 11.2 Å². The molecule has 0 aromatic rings. The Hall–Kier alpha value is -1.49. The zero-order valence-corrected chi connectivity index (χ0v) is 24.0. The van der Waals surface area contributed by atoms with Crippen molar-refractivity contribution < 1.29 is 4.79 Å². The number of hydrogen-bond donors (Lipinski definition) is 2. The van der Waals surface area contributed by atoms with Crippen LogP contribution in [0.1, 0.15) is 119 Å². The van der Waals surface area contributed by atoms with E-state index in [4.69, 9.17) is 5.73 Å². The van der Waals surface area contributed by atoms with Gasteiger partial charge in [0, 0.05) is 0 Å². The molecule has 4 rings (SSSR count). The molecule has 5 heteroatoms. The molecular formula is C31H51N3O2. The van der Waals surface area contributed by atoms with Crippen molar-refractivity contribution in [3.05, 3.63) is 28.7 Å². The number of rotatable bonds is 7. The van der Waals surface area contributed by atoms with E-state index >= 15 is 0 Å². The number of nitrogens with two attached hydrogens (primary N) is 1. The third-order valence-electron chi connectivity index (χ3n) is 12.3. The fourth-order valence-electron chi connectivity index (χ4n) is 10.3. The van der Waals surface area contributed by atoms with Crippen LogP contribution in [0.15, 0.2) is 29.1 Å². The number of fused-ring (bicyclic) bond motifs is 5. The van der Waals surface area contributed by atoms with Gasteiger partial charge in [0.25, 0.3) is 5.91 Å². The van der Waals surface area contributed by atoms with E-state index in [1.807, 2.05) is 0 Å². The number of unbranched alkanes of at least 4 members (excludes halogenated alkanes) is 1. The molecule has 4 aliphatic carbocycles. The van der Waals surface area contributed by atoms with Crippen molar-refractivity contribution in [2.75, 3.05) is 0 Å². The van der Waals surface area contributed by atoms with Crippen molar-refractivity contribution in [2.45, 2.75) is 125 Å². The van der Waals surface area contributed by atoms with Crippen LogP contribution in [-0.4, -0.2) is 11.4 Å². The first-order valence-corrected chi connectivity index (χ1v) is 14.6. The van der Waals surface area contributed by atoms with E-state index in [1.54, 1.807) is 0 Å². The van der Waals surface area contributed by atoms with Crippen molar-refractivity contribution in [3.63, 3.8) is 0 Å². The van der Waals surface area contributed by atoms with E-state index in [0.717, 1.165) is 44.9 Å². The van der Waals surface area contributed by atoms with Crippen LogP contribution in [0.3, 0.4) is 0 Å². The van der Waals surface area contributed by atoms with E-state index in [2.05, 4.69) is 77.4 Å². The first kappa shape index (κ1) is 27.5. The topological polar surface area (TPSA) is 84.5 Å². The quantitative estimate of drug-likeness (QED) is 0.216. The molecule has 36 heavy (non-hydrogen) atoms. The highest BCUT2D eigenvalue weighted by Gasteiger charge is 2.70. The highest BCUT2D eigenvalue weighted by molar-refractivity contribution is 5.85. The second kappa shape index (κ2) is 9.06. The Balaban J connectivity index is 1.86. The number of amides is 1. The molecule has 2 fully saturated rings. The Morgan fingerprint density at radius 2 is 1.78 bits per heavy atom. The van der Waals surface area contributed by atoms with Crippen LogP contribution in [0.25, 0.3) is 0 Å². The molecule has 1 amide bonds. The van der Waals surface area contributed by atoms with Gasteiger partial charge in [-0.2, -0.15) is 0 Å². The van der Waals surface area contributed by atoms with Gasteiger partial charge in [0.1, 0.15) is 0 Å². The molecule has 0 aromatic heterocycles. The van der Waals surface area contributed by atoms with Crippen LogP contribution in [0.4, 0.5) is 0 Å². The van der Waals surface area contributed by atoms with Crippen molar-refractivity contribution in [3.8, 4) is 0 Å². The van der Waals surface area contributed by atoms with Gasteiger partial charge in [0.05, 0.1) is 16.2 Å². The molecule has 3 N–H and O–H groups in total. The predicted octanol–water partition coefficient (Wildman–Crippen LogP) is 7.61. The summed E-state index contributed by atoms with van der Waals surface area (Å²) in [5.41, 5.74) is 10.2. The van der Waals surface area contributed by atoms with Crippen LogP contribution in [0.5, 0.6) is 0 Å². The Morgan fingerprint density at radius 1 is 1.06 bits per heavy atom. The van der Waals surface area contributed by atoms with Gasteiger partial charge >= 0.3 is 0 Å². The van der Waals surface area contributed by atoms with Crippen molar-refractivity contribution >= 4 is 5.91 Å². The van der Waals surface area contributed by atoms with E-state index in [9.17, 15) is 9.70 Å². The molecule has 4 aliphatic rings. The average molecular weight is 498 g/mol. The SMILES string of the molecule is CCCC[C@]1(C(=O)NN=O)CC[C@]2(C)C(=CCC3[C@@]4(C)CC=CC(C)(C)C4CC[C@]32C)[C@]1(N)CCC. The maximum Gasteiger partial charge on any atom is 0.251 e. The van der Waals surface area contributed by atoms with Crippen molar-refractivity contribution in [2.24, 2.45) is 49.9 Å². The molecule has 7 atom stereocenters. The van der Waals surface area contributed by atoms with Gasteiger partial charge in [-0.15, -0.1) is 4.91 Å². The highest BCUT2D eigenvalue weighted by Crippen LogP contribution is 2.74. The second-order valence-electron chi connectivity index (χ2n) is 14.1. The van der Waals surface area contributed by atoms with Gasteiger partial charge in [0.15, 0.2) is 0 Å². The van der Waals surface area contributed by atoms with Crippen LogP contribution in [-0.2, 0) is 4.79 Å². The summed E-state index contributed by atoms with van der Waals surface area (Å²) in [6.07, 6.45) is 17.9. The summed E-state index contributed by atoms with van der Waals surface area (Å²) in [5, 5.41) is 2.83. The summed E-state index contributed by atoms with van der Waals surface area (Å²) in [7, 11) is 0. The van der Waals surface area contributed by atoms with E-state index < -0.39 is 11.0 Å². The minimum atomic E-state index is -0.794. The van der Waals surface area contributed by atoms with Crippen molar-refractivity contribution in [1.29, 1.82) is 0 Å². The van der Waals surface area contributed by atoms with Crippen LogP contribution in [0.2, 0.25) is 0 Å². The fourth-order valence-corrected chi connectivity index (χ4v) is 10.3. The maximum atomic E-state index is 13.6. The first-order valence-electron chi connectivity index (χ1n) is 14.6. The lowest BCUT2D eigenvalue weighted by Gasteiger charge is -2.71. The predicted molar refractivity (Wildman–Crippen MR) is 148 cm³/mol. The normalized spacial score (nSPS) is 45.1. The molecule has 2 unspecified atom stereocenters. The molecule has 0 bridgehead atoms. The molecule has 0 saturated heterocycles. The summed E-state index contributed by atoms with van der Waals surface area (Å²) in [6, 6.07) is 0. The summed E-state index contributed by atoms with van der Waals surface area (Å²) in [6.45, 7) is 16.7. The number of nitroso groups, excluding NO2 is 1. The van der Waals surface area contributed by atoms with Gasteiger partial charge < -0.3 is 5.73 Å². The first-order chi connectivity index (χ1) is 16.8. The average Bonchev–Trinajstić information content (AvgIpc) is 2.79. The van der Waals surface area contributed by atoms with Gasteiger partial charge in [0.2, 0.25) is 0 Å².